The summed E-state index contributed by atoms with van der Waals surface area (Å²) in [5.74, 6) is -1.25. The van der Waals surface area contributed by atoms with Crippen LogP contribution < -0.4 is 0 Å². The van der Waals surface area contributed by atoms with Crippen molar-refractivity contribution in [2.75, 3.05) is 6.61 Å². The van der Waals surface area contributed by atoms with Crippen molar-refractivity contribution in [1.82, 2.24) is 4.90 Å². The van der Waals surface area contributed by atoms with E-state index >= 15 is 0 Å². The molecule has 1 heterocycles. The summed E-state index contributed by atoms with van der Waals surface area (Å²) in [6.07, 6.45) is -1.06. The maximum atomic E-state index is 12.1. The van der Waals surface area contributed by atoms with Crippen molar-refractivity contribution in [3.63, 3.8) is 0 Å². The van der Waals surface area contributed by atoms with Gasteiger partial charge in [-0.25, -0.2) is 4.79 Å². The molecule has 1 aromatic rings. The largest absolute Gasteiger partial charge is 0.479 e. The van der Waals surface area contributed by atoms with Gasteiger partial charge in [-0.15, -0.1) is 0 Å². The molecule has 6 heteroatoms. The normalized spacial score (nSPS) is 22.7. The molecular weight excluding hydrogens is 338 g/mol. The molecule has 1 aliphatic heterocycles. The van der Waals surface area contributed by atoms with E-state index in [0.717, 1.165) is 15.6 Å². The van der Waals surface area contributed by atoms with Crippen molar-refractivity contribution in [3.05, 3.63) is 33.8 Å². The number of carbonyl (C=O) groups excluding carboxylic acids is 1. The molecule has 0 aromatic heterocycles. The number of nitrogens with zero attached hydrogens (tertiary/aromatic N) is 1. The molecule has 1 aliphatic rings. The Kier molecular flexibility index (Phi) is 4.68. The van der Waals surface area contributed by atoms with Gasteiger partial charge in [0.05, 0.1) is 6.04 Å². The molecule has 0 radical (unpaired) electrons. The van der Waals surface area contributed by atoms with Crippen LogP contribution in [0, 0.1) is 6.92 Å². The first-order valence-corrected chi connectivity index (χ1v) is 7.54. The molecule has 2 unspecified atom stereocenters. The second-order valence-electron chi connectivity index (χ2n) is 5.42. The van der Waals surface area contributed by atoms with Crippen molar-refractivity contribution < 1.29 is 19.4 Å². The average Bonchev–Trinajstić information content (AvgIpc) is 2.40. The zero-order valence-electron chi connectivity index (χ0n) is 12.2. The first-order chi connectivity index (χ1) is 9.82. The molecule has 5 nitrogen and oxygen atoms in total. The van der Waals surface area contributed by atoms with Crippen LogP contribution in [-0.4, -0.2) is 40.6 Å². The maximum absolute atomic E-state index is 12.1. The summed E-state index contributed by atoms with van der Waals surface area (Å²) in [5, 5.41) is 9.41. The zero-order chi connectivity index (χ0) is 15.7. The highest BCUT2D eigenvalue weighted by atomic mass is 79.9. The van der Waals surface area contributed by atoms with E-state index in [2.05, 4.69) is 15.9 Å². The Morgan fingerprint density at radius 3 is 2.67 bits per heavy atom. The van der Waals surface area contributed by atoms with E-state index in [0.29, 0.717) is 0 Å². The molecule has 2 rings (SSSR count). The van der Waals surface area contributed by atoms with E-state index in [-0.39, 0.29) is 18.6 Å². The van der Waals surface area contributed by atoms with Crippen molar-refractivity contribution in [2.24, 2.45) is 0 Å². The Labute approximate surface area is 132 Å². The molecule has 0 saturated carbocycles. The summed E-state index contributed by atoms with van der Waals surface area (Å²) in [6.45, 7) is 5.50. The lowest BCUT2D eigenvalue weighted by Crippen LogP contribution is -2.54. The molecule has 1 aromatic carbocycles. The van der Waals surface area contributed by atoms with E-state index in [1.165, 1.54) is 0 Å². The van der Waals surface area contributed by atoms with Crippen LogP contribution >= 0.6 is 15.9 Å². The number of carboxylic acid groups (broad SMARTS) is 1. The van der Waals surface area contributed by atoms with Crippen LogP contribution in [0.3, 0.4) is 0 Å². The third-order valence-corrected chi connectivity index (χ3v) is 4.45. The first-order valence-electron chi connectivity index (χ1n) is 6.74. The monoisotopic (exact) mass is 355 g/mol. The molecule has 114 valence electrons. The number of hydrogen-bond donors (Lipinski definition) is 1. The lowest BCUT2D eigenvalue weighted by atomic mass is 9.95. The Hall–Kier alpha value is -1.40. The van der Waals surface area contributed by atoms with Gasteiger partial charge < -0.3 is 14.7 Å². The number of amides is 1. The molecule has 0 aliphatic carbocycles. The van der Waals surface area contributed by atoms with Gasteiger partial charge in [-0.1, -0.05) is 28.1 Å². The summed E-state index contributed by atoms with van der Waals surface area (Å²) in [6, 6.07) is 4.87. The van der Waals surface area contributed by atoms with Gasteiger partial charge in [0.15, 0.2) is 6.10 Å². The minimum absolute atomic E-state index is 0.103. The number of ether oxygens (including phenoxy) is 1. The molecule has 2 atom stereocenters. The third-order valence-electron chi connectivity index (χ3n) is 3.60. The fourth-order valence-electron chi connectivity index (χ4n) is 2.57. The van der Waals surface area contributed by atoms with E-state index < -0.39 is 18.1 Å². The minimum Gasteiger partial charge on any atom is -0.479 e. The van der Waals surface area contributed by atoms with Crippen LogP contribution in [0.2, 0.25) is 0 Å². The van der Waals surface area contributed by atoms with Crippen LogP contribution in [0.4, 0.5) is 0 Å². The molecule has 0 bridgehead atoms. The van der Waals surface area contributed by atoms with E-state index in [1.54, 1.807) is 4.90 Å². The number of aliphatic carboxylic acids is 1. The predicted molar refractivity (Wildman–Crippen MR) is 81.0 cm³/mol. The number of morpholine rings is 1. The van der Waals surface area contributed by atoms with Gasteiger partial charge in [0.2, 0.25) is 5.91 Å². The Morgan fingerprint density at radius 1 is 1.48 bits per heavy atom. The zero-order valence-corrected chi connectivity index (χ0v) is 13.8. The highest BCUT2D eigenvalue weighted by molar-refractivity contribution is 9.10. The van der Waals surface area contributed by atoms with Crippen molar-refractivity contribution >= 4 is 27.8 Å². The summed E-state index contributed by atoms with van der Waals surface area (Å²) < 4.78 is 6.14. The van der Waals surface area contributed by atoms with Gasteiger partial charge in [0.1, 0.15) is 6.61 Å². The van der Waals surface area contributed by atoms with Crippen LogP contribution in [0.1, 0.15) is 31.0 Å². The fraction of sp³-hybridized carbons (Fsp3) is 0.467. The van der Waals surface area contributed by atoms with Gasteiger partial charge in [-0.2, -0.15) is 0 Å². The van der Waals surface area contributed by atoms with Gasteiger partial charge >= 0.3 is 5.97 Å². The second kappa shape index (κ2) is 6.15. The highest BCUT2D eigenvalue weighted by Gasteiger charge is 2.42. The van der Waals surface area contributed by atoms with Crippen LogP contribution in [0.15, 0.2) is 22.7 Å². The summed E-state index contributed by atoms with van der Waals surface area (Å²) in [4.78, 5) is 25.2. The highest BCUT2D eigenvalue weighted by Crippen LogP contribution is 2.34. The minimum atomic E-state index is -1.06. The Bertz CT molecular complexity index is 573. The van der Waals surface area contributed by atoms with Crippen molar-refractivity contribution in [3.8, 4) is 0 Å². The first kappa shape index (κ1) is 16.0. The molecule has 0 spiro atoms. The number of carbonyl (C=O) groups is 2. The second-order valence-corrected chi connectivity index (χ2v) is 6.27. The van der Waals surface area contributed by atoms with Crippen LogP contribution in [-0.2, 0) is 14.3 Å². The van der Waals surface area contributed by atoms with Crippen molar-refractivity contribution in [1.29, 1.82) is 0 Å². The smallest absolute Gasteiger partial charge is 0.335 e. The number of aryl methyl sites for hydroxylation is 1. The van der Waals surface area contributed by atoms with E-state index in [9.17, 15) is 14.7 Å². The molecule has 1 fully saturated rings. The SMILES string of the molecule is Cc1ccc(C2C(C(=O)O)OCC(=O)N2C(C)C)cc1Br. The summed E-state index contributed by atoms with van der Waals surface area (Å²) >= 11 is 3.45. The summed E-state index contributed by atoms with van der Waals surface area (Å²) in [5.41, 5.74) is 1.80. The predicted octanol–water partition coefficient (Wildman–Crippen LogP) is 2.52. The molecule has 1 amide bonds. The molecule has 21 heavy (non-hydrogen) atoms. The standard InChI is InChI=1S/C15H18BrNO4/c1-8(2)17-12(18)7-21-14(15(19)20)13(17)10-5-4-9(3)11(16)6-10/h4-6,8,13-14H,7H2,1-3H3,(H,19,20). The Morgan fingerprint density at radius 2 is 2.14 bits per heavy atom. The van der Waals surface area contributed by atoms with Gasteiger partial charge in [0.25, 0.3) is 0 Å². The molecular formula is C15H18BrNO4. The van der Waals surface area contributed by atoms with Crippen LogP contribution in [0.25, 0.3) is 0 Å². The van der Waals surface area contributed by atoms with Gasteiger partial charge in [-0.05, 0) is 38.0 Å². The molecule has 1 N–H and O–H groups in total. The lowest BCUT2D eigenvalue weighted by molar-refractivity contribution is -0.175. The number of carboxylic acids is 1. The summed E-state index contributed by atoms with van der Waals surface area (Å²) in [7, 11) is 0. The third kappa shape index (κ3) is 3.11. The average molecular weight is 356 g/mol. The number of hydrogen-bond acceptors (Lipinski definition) is 3. The number of rotatable bonds is 3. The van der Waals surface area contributed by atoms with Gasteiger partial charge in [-0.3, -0.25) is 4.79 Å². The topological polar surface area (TPSA) is 66.8 Å². The number of benzene rings is 1. The number of halogens is 1. The molecule has 1 saturated heterocycles. The Balaban J connectivity index is 2.51. The van der Waals surface area contributed by atoms with E-state index in [4.69, 9.17) is 4.74 Å². The van der Waals surface area contributed by atoms with Crippen LogP contribution in [0.5, 0.6) is 0 Å². The van der Waals surface area contributed by atoms with Crippen molar-refractivity contribution in [2.45, 2.75) is 39.0 Å². The van der Waals surface area contributed by atoms with Gasteiger partial charge in [0, 0.05) is 10.5 Å². The fourth-order valence-corrected chi connectivity index (χ4v) is 2.97. The quantitative estimate of drug-likeness (QED) is 0.904. The maximum Gasteiger partial charge on any atom is 0.335 e. The lowest BCUT2D eigenvalue weighted by Gasteiger charge is -2.42. The van der Waals surface area contributed by atoms with E-state index in [1.807, 2.05) is 39.0 Å².